The molecule has 8 heteroatoms. The van der Waals surface area contributed by atoms with E-state index in [1.165, 1.54) is 0 Å². The standard InChI is InChI=1S/C19H25ClN6O/c20-17-2-1-3-18(12-17)24-8-10-25(11-9-24)19(27)16-6-4-15(5-7-16)13-26-14-21-22-23-26/h1-3,12,14-16H,4-11,13H2. The van der Waals surface area contributed by atoms with Crippen molar-refractivity contribution in [3.63, 3.8) is 0 Å². The minimum atomic E-state index is 0.174. The van der Waals surface area contributed by atoms with Crippen LogP contribution >= 0.6 is 11.6 Å². The molecule has 2 heterocycles. The third kappa shape index (κ3) is 4.40. The quantitative estimate of drug-likeness (QED) is 0.804. The molecule has 0 spiro atoms. The van der Waals surface area contributed by atoms with Gasteiger partial charge in [0.25, 0.3) is 0 Å². The number of hydrogen-bond donors (Lipinski definition) is 0. The van der Waals surface area contributed by atoms with Gasteiger partial charge in [-0.25, -0.2) is 4.68 Å². The van der Waals surface area contributed by atoms with Crippen LogP contribution in [-0.4, -0.2) is 57.2 Å². The van der Waals surface area contributed by atoms with Crippen molar-refractivity contribution in [3.05, 3.63) is 35.6 Å². The van der Waals surface area contributed by atoms with Crippen LogP contribution < -0.4 is 4.90 Å². The van der Waals surface area contributed by atoms with Crippen LogP contribution in [-0.2, 0) is 11.3 Å². The highest BCUT2D eigenvalue weighted by atomic mass is 35.5. The van der Waals surface area contributed by atoms with Gasteiger partial charge in [0.2, 0.25) is 5.91 Å². The third-order valence-corrected chi connectivity index (χ3v) is 6.03. The molecule has 0 bridgehead atoms. The van der Waals surface area contributed by atoms with E-state index >= 15 is 0 Å². The zero-order chi connectivity index (χ0) is 18.6. The molecular weight excluding hydrogens is 364 g/mol. The molecule has 1 aliphatic heterocycles. The van der Waals surface area contributed by atoms with E-state index in [0.717, 1.165) is 69.1 Å². The second-order valence-electron chi connectivity index (χ2n) is 7.54. The molecule has 2 aliphatic rings. The first-order chi connectivity index (χ1) is 13.2. The van der Waals surface area contributed by atoms with Gasteiger partial charge in [-0.05, 0) is 60.2 Å². The van der Waals surface area contributed by atoms with Gasteiger partial charge < -0.3 is 9.80 Å². The molecule has 144 valence electrons. The lowest BCUT2D eigenvalue weighted by molar-refractivity contribution is -0.137. The molecule has 1 aromatic heterocycles. The molecular formula is C19H25ClN6O. The topological polar surface area (TPSA) is 67.2 Å². The van der Waals surface area contributed by atoms with Crippen LogP contribution in [0.2, 0.25) is 5.02 Å². The smallest absolute Gasteiger partial charge is 0.225 e. The van der Waals surface area contributed by atoms with E-state index in [-0.39, 0.29) is 5.92 Å². The van der Waals surface area contributed by atoms with Gasteiger partial charge >= 0.3 is 0 Å². The number of halogens is 1. The Bertz CT molecular complexity index is 751. The number of carbonyl (C=O) groups excluding carboxylic acids is 1. The molecule has 27 heavy (non-hydrogen) atoms. The number of benzene rings is 1. The number of tetrazole rings is 1. The lowest BCUT2D eigenvalue weighted by Gasteiger charge is -2.38. The molecule has 2 aromatic rings. The van der Waals surface area contributed by atoms with Crippen LogP contribution in [0.3, 0.4) is 0 Å². The van der Waals surface area contributed by atoms with Gasteiger partial charge in [0.05, 0.1) is 0 Å². The monoisotopic (exact) mass is 388 g/mol. The maximum absolute atomic E-state index is 12.9. The Morgan fingerprint density at radius 1 is 1.11 bits per heavy atom. The van der Waals surface area contributed by atoms with Gasteiger partial charge in [-0.15, -0.1) is 5.10 Å². The summed E-state index contributed by atoms with van der Waals surface area (Å²) in [4.78, 5) is 17.3. The summed E-state index contributed by atoms with van der Waals surface area (Å²) in [5.74, 6) is 1.08. The summed E-state index contributed by atoms with van der Waals surface area (Å²) in [6.45, 7) is 4.15. The zero-order valence-corrected chi connectivity index (χ0v) is 16.1. The number of amides is 1. The van der Waals surface area contributed by atoms with Crippen molar-refractivity contribution in [2.24, 2.45) is 11.8 Å². The molecule has 4 rings (SSSR count). The highest BCUT2D eigenvalue weighted by molar-refractivity contribution is 6.30. The molecule has 1 aliphatic carbocycles. The average Bonchev–Trinajstić information content (AvgIpc) is 3.21. The molecule has 1 amide bonds. The SMILES string of the molecule is O=C(C1CCC(Cn2cnnn2)CC1)N1CCN(c2cccc(Cl)c2)CC1. The van der Waals surface area contributed by atoms with E-state index < -0.39 is 0 Å². The predicted molar refractivity (Wildman–Crippen MR) is 104 cm³/mol. The van der Waals surface area contributed by atoms with E-state index in [4.69, 9.17) is 11.6 Å². The maximum atomic E-state index is 12.9. The van der Waals surface area contributed by atoms with Crippen LogP contribution in [0.4, 0.5) is 5.69 Å². The highest BCUT2D eigenvalue weighted by Crippen LogP contribution is 2.31. The fraction of sp³-hybridized carbons (Fsp3) is 0.579. The van der Waals surface area contributed by atoms with E-state index in [0.29, 0.717) is 11.8 Å². The molecule has 0 unspecified atom stereocenters. The van der Waals surface area contributed by atoms with Crippen molar-refractivity contribution in [2.45, 2.75) is 32.2 Å². The third-order valence-electron chi connectivity index (χ3n) is 5.80. The summed E-state index contributed by atoms with van der Waals surface area (Å²) in [6, 6.07) is 7.93. The second-order valence-corrected chi connectivity index (χ2v) is 7.98. The van der Waals surface area contributed by atoms with Crippen LogP contribution in [0.5, 0.6) is 0 Å². The number of hydrogen-bond acceptors (Lipinski definition) is 5. The van der Waals surface area contributed by atoms with Crippen LogP contribution in [0.15, 0.2) is 30.6 Å². The van der Waals surface area contributed by atoms with Crippen LogP contribution in [0.1, 0.15) is 25.7 Å². The summed E-state index contributed by atoms with van der Waals surface area (Å²) >= 11 is 6.10. The number of anilines is 1. The molecule has 1 aromatic carbocycles. The zero-order valence-electron chi connectivity index (χ0n) is 15.4. The number of carbonyl (C=O) groups is 1. The number of piperazine rings is 1. The number of nitrogens with zero attached hydrogens (tertiary/aromatic N) is 6. The minimum Gasteiger partial charge on any atom is -0.368 e. The average molecular weight is 389 g/mol. The minimum absolute atomic E-state index is 0.174. The van der Waals surface area contributed by atoms with Gasteiger partial charge in [-0.1, -0.05) is 17.7 Å². The van der Waals surface area contributed by atoms with E-state index in [9.17, 15) is 4.79 Å². The Morgan fingerprint density at radius 2 is 1.89 bits per heavy atom. The molecule has 0 radical (unpaired) electrons. The molecule has 1 saturated carbocycles. The summed E-state index contributed by atoms with van der Waals surface area (Å²) in [5, 5.41) is 12.1. The van der Waals surface area contributed by atoms with Gasteiger partial charge in [0, 0.05) is 49.4 Å². The fourth-order valence-corrected chi connectivity index (χ4v) is 4.42. The first-order valence-corrected chi connectivity index (χ1v) is 10.1. The summed E-state index contributed by atoms with van der Waals surface area (Å²) < 4.78 is 1.79. The van der Waals surface area contributed by atoms with E-state index in [2.05, 4.69) is 26.5 Å². The molecule has 0 N–H and O–H groups in total. The largest absolute Gasteiger partial charge is 0.368 e. The first kappa shape index (κ1) is 18.2. The Kier molecular flexibility index (Phi) is 5.57. The summed E-state index contributed by atoms with van der Waals surface area (Å²) in [7, 11) is 0. The van der Waals surface area contributed by atoms with Crippen molar-refractivity contribution in [2.75, 3.05) is 31.1 Å². The van der Waals surface area contributed by atoms with Gasteiger partial charge in [0.1, 0.15) is 6.33 Å². The Hall–Kier alpha value is -2.15. The Balaban J connectivity index is 1.25. The first-order valence-electron chi connectivity index (χ1n) is 9.69. The van der Waals surface area contributed by atoms with Crippen molar-refractivity contribution >= 4 is 23.2 Å². The Morgan fingerprint density at radius 3 is 2.56 bits per heavy atom. The summed E-state index contributed by atoms with van der Waals surface area (Å²) in [6.07, 6.45) is 5.74. The number of aromatic nitrogens is 4. The van der Waals surface area contributed by atoms with E-state index in [1.807, 2.05) is 23.1 Å². The van der Waals surface area contributed by atoms with Crippen LogP contribution in [0.25, 0.3) is 0 Å². The molecule has 7 nitrogen and oxygen atoms in total. The second kappa shape index (κ2) is 8.25. The number of rotatable bonds is 4. The summed E-state index contributed by atoms with van der Waals surface area (Å²) in [5.41, 5.74) is 1.14. The fourth-order valence-electron chi connectivity index (χ4n) is 4.24. The van der Waals surface area contributed by atoms with Gasteiger partial charge in [-0.2, -0.15) is 0 Å². The highest BCUT2D eigenvalue weighted by Gasteiger charge is 2.31. The van der Waals surface area contributed by atoms with Crippen molar-refractivity contribution in [3.8, 4) is 0 Å². The predicted octanol–water partition coefficient (Wildman–Crippen LogP) is 2.48. The van der Waals surface area contributed by atoms with Crippen molar-refractivity contribution in [1.82, 2.24) is 25.1 Å². The van der Waals surface area contributed by atoms with Gasteiger partial charge in [0.15, 0.2) is 0 Å². The molecule has 2 fully saturated rings. The van der Waals surface area contributed by atoms with Crippen molar-refractivity contribution < 1.29 is 4.79 Å². The lowest BCUT2D eigenvalue weighted by Crippen LogP contribution is -2.50. The molecule has 0 atom stereocenters. The van der Waals surface area contributed by atoms with Gasteiger partial charge in [-0.3, -0.25) is 4.79 Å². The molecule has 1 saturated heterocycles. The van der Waals surface area contributed by atoms with Crippen molar-refractivity contribution in [1.29, 1.82) is 0 Å². The van der Waals surface area contributed by atoms with E-state index in [1.54, 1.807) is 11.0 Å². The Labute approximate surface area is 164 Å². The maximum Gasteiger partial charge on any atom is 0.225 e. The van der Waals surface area contributed by atoms with Crippen LogP contribution in [0, 0.1) is 11.8 Å². The normalized spacial score (nSPS) is 23.4. The lowest BCUT2D eigenvalue weighted by atomic mass is 9.81.